The summed E-state index contributed by atoms with van der Waals surface area (Å²) in [5.41, 5.74) is 3.08. The molecule has 0 radical (unpaired) electrons. The van der Waals surface area contributed by atoms with Gasteiger partial charge in [0, 0.05) is 16.2 Å². The molecule has 154 valence electrons. The SMILES string of the molecule is O=C(CNc1ccc(Br)cc1)N/N=C\c1ccc(COc2ccccc2[N+](=O)[O-])o1. The van der Waals surface area contributed by atoms with Crippen LogP contribution in [0, 0.1) is 10.1 Å². The highest BCUT2D eigenvalue weighted by atomic mass is 79.9. The molecule has 1 heterocycles. The standard InChI is InChI=1S/C20H17BrN4O5/c21-14-5-7-15(8-6-14)22-12-20(26)24-23-11-16-9-10-17(30-16)13-29-19-4-2-1-3-18(19)25(27)28/h1-11,22H,12-13H2,(H,24,26)/b23-11-. The van der Waals surface area contributed by atoms with Crippen LogP contribution in [0.3, 0.4) is 0 Å². The third-order valence-corrected chi connectivity index (χ3v) is 4.32. The number of carbonyl (C=O) groups excluding carboxylic acids is 1. The number of furan rings is 1. The van der Waals surface area contributed by atoms with Crippen molar-refractivity contribution in [3.8, 4) is 5.75 Å². The molecular formula is C20H17BrN4O5. The van der Waals surface area contributed by atoms with Crippen molar-refractivity contribution in [2.75, 3.05) is 11.9 Å². The van der Waals surface area contributed by atoms with Crippen molar-refractivity contribution in [2.24, 2.45) is 5.10 Å². The third-order valence-electron chi connectivity index (χ3n) is 3.79. The zero-order valence-corrected chi connectivity index (χ0v) is 17.2. The zero-order valence-electron chi connectivity index (χ0n) is 15.6. The van der Waals surface area contributed by atoms with Gasteiger partial charge in [-0.05, 0) is 42.5 Å². The van der Waals surface area contributed by atoms with Crippen LogP contribution in [0.1, 0.15) is 11.5 Å². The molecule has 10 heteroatoms. The Labute approximate surface area is 180 Å². The summed E-state index contributed by atoms with van der Waals surface area (Å²) in [4.78, 5) is 22.3. The number of hydrogen-bond donors (Lipinski definition) is 2. The lowest BCUT2D eigenvalue weighted by Crippen LogP contribution is -2.25. The molecule has 9 nitrogen and oxygen atoms in total. The van der Waals surface area contributed by atoms with E-state index < -0.39 is 4.92 Å². The van der Waals surface area contributed by atoms with E-state index in [1.165, 1.54) is 18.3 Å². The molecule has 1 aromatic heterocycles. The van der Waals surface area contributed by atoms with Gasteiger partial charge in [-0.15, -0.1) is 0 Å². The summed E-state index contributed by atoms with van der Waals surface area (Å²) in [5, 5.41) is 17.8. The molecule has 3 rings (SSSR count). The molecule has 30 heavy (non-hydrogen) atoms. The van der Waals surface area contributed by atoms with Gasteiger partial charge in [-0.1, -0.05) is 28.1 Å². The van der Waals surface area contributed by atoms with Gasteiger partial charge in [0.25, 0.3) is 5.91 Å². The highest BCUT2D eigenvalue weighted by molar-refractivity contribution is 9.10. The maximum absolute atomic E-state index is 11.8. The number of halogens is 1. The van der Waals surface area contributed by atoms with Crippen molar-refractivity contribution in [3.63, 3.8) is 0 Å². The van der Waals surface area contributed by atoms with Crippen LogP contribution in [0.5, 0.6) is 5.75 Å². The Morgan fingerprint density at radius 1 is 1.17 bits per heavy atom. The van der Waals surface area contributed by atoms with Crippen molar-refractivity contribution < 1.29 is 18.9 Å². The molecule has 1 amide bonds. The Morgan fingerprint density at radius 3 is 2.70 bits per heavy atom. The van der Waals surface area contributed by atoms with E-state index >= 15 is 0 Å². The van der Waals surface area contributed by atoms with Crippen molar-refractivity contribution in [1.82, 2.24) is 5.43 Å². The van der Waals surface area contributed by atoms with E-state index in [4.69, 9.17) is 9.15 Å². The van der Waals surface area contributed by atoms with Crippen molar-refractivity contribution in [1.29, 1.82) is 0 Å². The van der Waals surface area contributed by atoms with Crippen LogP contribution in [0.2, 0.25) is 0 Å². The van der Waals surface area contributed by atoms with Gasteiger partial charge in [0.2, 0.25) is 0 Å². The number of hydrogen-bond acceptors (Lipinski definition) is 7. The Hall–Kier alpha value is -3.66. The minimum Gasteiger partial charge on any atom is -0.479 e. The lowest BCUT2D eigenvalue weighted by molar-refractivity contribution is -0.386. The van der Waals surface area contributed by atoms with Crippen LogP contribution in [-0.2, 0) is 11.4 Å². The monoisotopic (exact) mass is 472 g/mol. The fourth-order valence-corrected chi connectivity index (χ4v) is 2.64. The number of carbonyl (C=O) groups is 1. The van der Waals surface area contributed by atoms with Gasteiger partial charge in [-0.3, -0.25) is 14.9 Å². The van der Waals surface area contributed by atoms with Crippen LogP contribution in [-0.4, -0.2) is 23.6 Å². The summed E-state index contributed by atoms with van der Waals surface area (Å²) >= 11 is 3.34. The lowest BCUT2D eigenvalue weighted by atomic mass is 10.3. The normalized spacial score (nSPS) is 10.7. The van der Waals surface area contributed by atoms with Crippen LogP contribution in [0.4, 0.5) is 11.4 Å². The van der Waals surface area contributed by atoms with E-state index in [2.05, 4.69) is 31.8 Å². The summed E-state index contributed by atoms with van der Waals surface area (Å²) in [6.45, 7) is 0.0776. The molecule has 0 spiro atoms. The molecule has 0 aliphatic rings. The van der Waals surface area contributed by atoms with E-state index in [0.29, 0.717) is 11.5 Å². The Bertz CT molecular complexity index is 1050. The molecule has 3 aromatic rings. The van der Waals surface area contributed by atoms with Crippen molar-refractivity contribution >= 4 is 39.4 Å². The number of benzene rings is 2. The quantitative estimate of drug-likeness (QED) is 0.275. The largest absolute Gasteiger partial charge is 0.479 e. The summed E-state index contributed by atoms with van der Waals surface area (Å²) in [6.07, 6.45) is 1.35. The molecule has 0 saturated heterocycles. The molecule has 0 bridgehead atoms. The summed E-state index contributed by atoms with van der Waals surface area (Å²) in [7, 11) is 0. The molecule has 0 aliphatic heterocycles. The van der Waals surface area contributed by atoms with E-state index in [-0.39, 0.29) is 30.5 Å². The first-order valence-corrected chi connectivity index (χ1v) is 9.57. The number of rotatable bonds is 9. The lowest BCUT2D eigenvalue weighted by Gasteiger charge is -2.05. The van der Waals surface area contributed by atoms with Crippen molar-refractivity contribution in [2.45, 2.75) is 6.61 Å². The number of nitro benzene ring substituents is 1. The van der Waals surface area contributed by atoms with Gasteiger partial charge in [0.05, 0.1) is 17.7 Å². The Kier molecular flexibility index (Phi) is 7.17. The minimum absolute atomic E-state index is 0.0160. The van der Waals surface area contributed by atoms with Crippen LogP contribution in [0.15, 0.2) is 74.7 Å². The van der Waals surface area contributed by atoms with Gasteiger partial charge in [-0.2, -0.15) is 5.10 Å². The van der Waals surface area contributed by atoms with Crippen LogP contribution >= 0.6 is 15.9 Å². The number of hydrazone groups is 1. The van der Waals surface area contributed by atoms with Crippen LogP contribution < -0.4 is 15.5 Å². The summed E-state index contributed by atoms with van der Waals surface area (Å²) in [5.74, 6) is 0.690. The first-order chi connectivity index (χ1) is 14.5. The maximum Gasteiger partial charge on any atom is 0.310 e. The number of nitrogens with zero attached hydrogens (tertiary/aromatic N) is 2. The Balaban J connectivity index is 1.45. The highest BCUT2D eigenvalue weighted by Gasteiger charge is 2.14. The van der Waals surface area contributed by atoms with Gasteiger partial charge in [0.15, 0.2) is 5.75 Å². The van der Waals surface area contributed by atoms with Crippen LogP contribution in [0.25, 0.3) is 0 Å². The number of nitrogens with one attached hydrogen (secondary N) is 2. The fraction of sp³-hybridized carbons (Fsp3) is 0.100. The van der Waals surface area contributed by atoms with E-state index in [9.17, 15) is 14.9 Å². The third kappa shape index (κ3) is 6.17. The number of anilines is 1. The van der Waals surface area contributed by atoms with E-state index in [1.807, 2.05) is 24.3 Å². The highest BCUT2D eigenvalue weighted by Crippen LogP contribution is 2.26. The average molecular weight is 473 g/mol. The molecule has 2 aromatic carbocycles. The smallest absolute Gasteiger partial charge is 0.310 e. The average Bonchev–Trinajstić information content (AvgIpc) is 3.19. The number of ether oxygens (including phenoxy) is 1. The molecule has 0 aliphatic carbocycles. The topological polar surface area (TPSA) is 119 Å². The second kappa shape index (κ2) is 10.2. The van der Waals surface area contributed by atoms with Gasteiger partial charge in [-0.25, -0.2) is 5.43 Å². The minimum atomic E-state index is -0.510. The zero-order chi connectivity index (χ0) is 21.3. The second-order valence-electron chi connectivity index (χ2n) is 5.97. The summed E-state index contributed by atoms with van der Waals surface area (Å²) in [6, 6.07) is 16.8. The predicted octanol–water partition coefficient (Wildman–Crippen LogP) is 4.09. The predicted molar refractivity (Wildman–Crippen MR) is 115 cm³/mol. The Morgan fingerprint density at radius 2 is 1.93 bits per heavy atom. The van der Waals surface area contributed by atoms with E-state index in [0.717, 1.165) is 10.2 Å². The molecule has 2 N–H and O–H groups in total. The second-order valence-corrected chi connectivity index (χ2v) is 6.89. The van der Waals surface area contributed by atoms with Crippen molar-refractivity contribution in [3.05, 3.63) is 86.8 Å². The maximum atomic E-state index is 11.8. The fourth-order valence-electron chi connectivity index (χ4n) is 2.38. The first kappa shape index (κ1) is 21.1. The molecule has 0 fully saturated rings. The number of amides is 1. The first-order valence-electron chi connectivity index (χ1n) is 8.77. The van der Waals surface area contributed by atoms with Gasteiger partial charge < -0.3 is 14.5 Å². The molecule has 0 saturated carbocycles. The van der Waals surface area contributed by atoms with Gasteiger partial charge in [0.1, 0.15) is 18.1 Å². The number of para-hydroxylation sites is 2. The molecule has 0 atom stereocenters. The summed E-state index contributed by atoms with van der Waals surface area (Å²) < 4.78 is 11.9. The molecule has 0 unspecified atom stereocenters. The van der Waals surface area contributed by atoms with Gasteiger partial charge >= 0.3 is 5.69 Å². The molecular weight excluding hydrogens is 456 g/mol. The number of nitro groups is 1. The van der Waals surface area contributed by atoms with E-state index in [1.54, 1.807) is 24.3 Å².